The van der Waals surface area contributed by atoms with Crippen molar-refractivity contribution in [2.75, 3.05) is 37.8 Å². The number of ether oxygens (including phenoxy) is 2. The Labute approximate surface area is 170 Å². The molecule has 1 fully saturated rings. The summed E-state index contributed by atoms with van der Waals surface area (Å²) >= 11 is 1.70. The Kier molecular flexibility index (Phi) is 8.02. The Balaban J connectivity index is 1.36. The third kappa shape index (κ3) is 6.74. The van der Waals surface area contributed by atoms with Crippen LogP contribution in [0, 0.1) is 0 Å². The molecule has 1 aliphatic heterocycles. The van der Waals surface area contributed by atoms with Crippen molar-refractivity contribution in [1.29, 1.82) is 0 Å². The van der Waals surface area contributed by atoms with Crippen LogP contribution in [0.2, 0.25) is 0 Å². The summed E-state index contributed by atoms with van der Waals surface area (Å²) in [7, 11) is 0. The van der Waals surface area contributed by atoms with E-state index in [1.807, 2.05) is 30.3 Å². The predicted molar refractivity (Wildman–Crippen MR) is 114 cm³/mol. The van der Waals surface area contributed by atoms with Crippen molar-refractivity contribution < 1.29 is 14.3 Å². The van der Waals surface area contributed by atoms with E-state index in [9.17, 15) is 4.79 Å². The van der Waals surface area contributed by atoms with Gasteiger partial charge < -0.3 is 9.47 Å². The molecule has 2 N–H and O–H groups in total. The molecule has 0 unspecified atom stereocenters. The number of nitrogens with zero attached hydrogens (tertiary/aromatic N) is 1. The van der Waals surface area contributed by atoms with Crippen LogP contribution in [0.3, 0.4) is 0 Å². The molecule has 2 aromatic rings. The van der Waals surface area contributed by atoms with Gasteiger partial charge >= 0.3 is 6.09 Å². The minimum Gasteiger partial charge on any atom is -0.492 e. The van der Waals surface area contributed by atoms with Crippen LogP contribution in [0.15, 0.2) is 54.6 Å². The Hall–Kier alpha value is -2.22. The van der Waals surface area contributed by atoms with Gasteiger partial charge in [0.1, 0.15) is 18.1 Å². The standard InChI is InChI=1S/C21H27N3O3S/c1-28-23-18-11-13-24(14-12-18)15-16-26-19-7-9-20(10-8-19)27-21(25)22-17-5-3-2-4-6-17/h2-10,18,23H,11-16H2,1H3,(H,22,25). The molecule has 1 aliphatic rings. The van der Waals surface area contributed by atoms with Crippen molar-refractivity contribution in [2.45, 2.75) is 18.9 Å². The van der Waals surface area contributed by atoms with Crippen LogP contribution in [-0.2, 0) is 0 Å². The summed E-state index contributed by atoms with van der Waals surface area (Å²) in [5, 5.41) is 2.68. The van der Waals surface area contributed by atoms with Crippen LogP contribution in [0.5, 0.6) is 11.5 Å². The highest BCUT2D eigenvalue weighted by Gasteiger charge is 2.18. The second-order valence-corrected chi connectivity index (χ2v) is 7.28. The van der Waals surface area contributed by atoms with Gasteiger partial charge in [-0.1, -0.05) is 30.1 Å². The van der Waals surface area contributed by atoms with E-state index < -0.39 is 6.09 Å². The molecule has 7 heteroatoms. The smallest absolute Gasteiger partial charge is 0.417 e. The van der Waals surface area contributed by atoms with E-state index in [1.165, 1.54) is 12.8 Å². The molecule has 150 valence electrons. The van der Waals surface area contributed by atoms with Gasteiger partial charge in [0.2, 0.25) is 0 Å². The highest BCUT2D eigenvalue weighted by molar-refractivity contribution is 7.96. The fourth-order valence-corrected chi connectivity index (χ4v) is 3.68. The Morgan fingerprint density at radius 2 is 1.75 bits per heavy atom. The van der Waals surface area contributed by atoms with Crippen LogP contribution in [-0.4, -0.2) is 49.5 Å². The van der Waals surface area contributed by atoms with E-state index in [0.29, 0.717) is 24.1 Å². The first kappa shape index (κ1) is 20.5. The molecule has 0 saturated carbocycles. The van der Waals surface area contributed by atoms with Gasteiger partial charge in [-0.2, -0.15) is 0 Å². The fraction of sp³-hybridized carbons (Fsp3) is 0.381. The fourth-order valence-electron chi connectivity index (χ4n) is 3.11. The minimum atomic E-state index is -0.515. The summed E-state index contributed by atoms with van der Waals surface area (Å²) in [4.78, 5) is 14.3. The van der Waals surface area contributed by atoms with Gasteiger partial charge in [0, 0.05) is 18.3 Å². The normalized spacial score (nSPS) is 15.2. The highest BCUT2D eigenvalue weighted by Crippen LogP contribution is 2.19. The van der Waals surface area contributed by atoms with Crippen molar-refractivity contribution >= 4 is 23.7 Å². The topological polar surface area (TPSA) is 62.8 Å². The van der Waals surface area contributed by atoms with Gasteiger partial charge in [-0.15, -0.1) is 0 Å². The summed E-state index contributed by atoms with van der Waals surface area (Å²) in [6, 6.07) is 16.9. The first-order valence-corrected chi connectivity index (χ1v) is 10.7. The number of benzene rings is 2. The Bertz CT molecular complexity index is 719. The predicted octanol–water partition coefficient (Wildman–Crippen LogP) is 4.01. The number of para-hydroxylation sites is 1. The molecule has 3 rings (SSSR count). The van der Waals surface area contributed by atoms with E-state index in [-0.39, 0.29) is 0 Å². The van der Waals surface area contributed by atoms with Crippen molar-refractivity contribution in [3.05, 3.63) is 54.6 Å². The zero-order valence-electron chi connectivity index (χ0n) is 16.1. The zero-order valence-corrected chi connectivity index (χ0v) is 16.9. The SMILES string of the molecule is CSNC1CCN(CCOc2ccc(OC(=O)Nc3ccccc3)cc2)CC1. The maximum absolute atomic E-state index is 11.9. The lowest BCUT2D eigenvalue weighted by Crippen LogP contribution is -2.41. The molecule has 1 saturated heterocycles. The van der Waals surface area contributed by atoms with Gasteiger partial charge in [0.05, 0.1) is 0 Å². The van der Waals surface area contributed by atoms with Crippen LogP contribution in [0.25, 0.3) is 0 Å². The van der Waals surface area contributed by atoms with Gasteiger partial charge in [-0.25, -0.2) is 4.79 Å². The van der Waals surface area contributed by atoms with Crippen LogP contribution < -0.4 is 19.5 Å². The molecule has 1 amide bonds. The maximum atomic E-state index is 11.9. The van der Waals surface area contributed by atoms with Crippen molar-refractivity contribution in [1.82, 2.24) is 9.62 Å². The number of likely N-dealkylation sites (tertiary alicyclic amines) is 1. The van der Waals surface area contributed by atoms with Crippen molar-refractivity contribution in [3.8, 4) is 11.5 Å². The summed E-state index contributed by atoms with van der Waals surface area (Å²) in [6.07, 6.45) is 3.92. The van der Waals surface area contributed by atoms with Gasteiger partial charge in [0.25, 0.3) is 0 Å². The van der Waals surface area contributed by atoms with Crippen LogP contribution in [0.4, 0.5) is 10.5 Å². The molecule has 0 bridgehead atoms. The first-order valence-electron chi connectivity index (χ1n) is 9.50. The molecule has 6 nitrogen and oxygen atoms in total. The molecule has 2 aromatic carbocycles. The molecule has 0 aromatic heterocycles. The zero-order chi connectivity index (χ0) is 19.6. The number of hydrogen-bond donors (Lipinski definition) is 2. The molecule has 0 aliphatic carbocycles. The quantitative estimate of drug-likeness (QED) is 0.652. The number of hydrogen-bond acceptors (Lipinski definition) is 6. The van der Waals surface area contributed by atoms with Gasteiger partial charge in [0.15, 0.2) is 0 Å². The summed E-state index contributed by atoms with van der Waals surface area (Å²) < 4.78 is 14.5. The van der Waals surface area contributed by atoms with E-state index >= 15 is 0 Å². The molecule has 0 spiro atoms. The summed E-state index contributed by atoms with van der Waals surface area (Å²) in [5.41, 5.74) is 0.695. The van der Waals surface area contributed by atoms with E-state index in [2.05, 4.69) is 21.2 Å². The summed E-state index contributed by atoms with van der Waals surface area (Å²) in [6.45, 7) is 3.77. The summed E-state index contributed by atoms with van der Waals surface area (Å²) in [5.74, 6) is 1.25. The van der Waals surface area contributed by atoms with Gasteiger partial charge in [-0.05, 0) is 68.6 Å². The Morgan fingerprint density at radius 3 is 2.43 bits per heavy atom. The van der Waals surface area contributed by atoms with Crippen molar-refractivity contribution in [3.63, 3.8) is 0 Å². The van der Waals surface area contributed by atoms with Crippen LogP contribution in [0.1, 0.15) is 12.8 Å². The second kappa shape index (κ2) is 10.9. The molecular weight excluding hydrogens is 374 g/mol. The number of carbonyl (C=O) groups excluding carboxylic acids is 1. The number of anilines is 1. The maximum Gasteiger partial charge on any atom is 0.417 e. The lowest BCUT2D eigenvalue weighted by atomic mass is 10.1. The molecule has 0 atom stereocenters. The molecule has 0 radical (unpaired) electrons. The molecule has 1 heterocycles. The lowest BCUT2D eigenvalue weighted by molar-refractivity contribution is 0.171. The lowest BCUT2D eigenvalue weighted by Gasteiger charge is -2.31. The number of rotatable bonds is 8. The van der Waals surface area contributed by atoms with Crippen LogP contribution >= 0.6 is 11.9 Å². The third-order valence-corrected chi connectivity index (χ3v) is 5.17. The van der Waals surface area contributed by atoms with E-state index in [1.54, 1.807) is 36.2 Å². The van der Waals surface area contributed by atoms with Crippen molar-refractivity contribution in [2.24, 2.45) is 0 Å². The molecular formula is C21H27N3O3S. The number of piperidine rings is 1. The largest absolute Gasteiger partial charge is 0.492 e. The number of carbonyl (C=O) groups is 1. The first-order chi connectivity index (χ1) is 13.7. The number of nitrogens with one attached hydrogen (secondary N) is 2. The average molecular weight is 402 g/mol. The van der Waals surface area contributed by atoms with Gasteiger partial charge in [-0.3, -0.25) is 14.9 Å². The highest BCUT2D eigenvalue weighted by atomic mass is 32.2. The van der Waals surface area contributed by atoms with E-state index in [4.69, 9.17) is 9.47 Å². The monoisotopic (exact) mass is 401 g/mol. The minimum absolute atomic E-state index is 0.476. The number of amides is 1. The molecule has 28 heavy (non-hydrogen) atoms. The third-order valence-electron chi connectivity index (χ3n) is 4.60. The average Bonchev–Trinajstić information content (AvgIpc) is 2.71. The Morgan fingerprint density at radius 1 is 1.07 bits per heavy atom. The second-order valence-electron chi connectivity index (χ2n) is 6.64. The van der Waals surface area contributed by atoms with E-state index in [0.717, 1.165) is 25.4 Å².